The fourth-order valence-corrected chi connectivity index (χ4v) is 3.16. The molecule has 1 N–H and O–H groups in total. The normalized spacial score (nSPS) is 10.6. The highest BCUT2D eigenvalue weighted by molar-refractivity contribution is 7.13. The van der Waals surface area contributed by atoms with E-state index in [1.165, 1.54) is 17.4 Å². The van der Waals surface area contributed by atoms with Gasteiger partial charge in [0.05, 0.1) is 17.8 Å². The fraction of sp³-hybridized carbons (Fsp3) is 0.111. The van der Waals surface area contributed by atoms with Crippen LogP contribution in [-0.2, 0) is 11.2 Å². The zero-order chi connectivity index (χ0) is 17.1. The number of rotatable bonds is 4. The SMILES string of the molecule is Cc1ccc(F)c(NC(=O)Cc2csc(-c3ccc(Cl)cc3)n2)c1. The van der Waals surface area contributed by atoms with Gasteiger partial charge in [-0.25, -0.2) is 9.37 Å². The van der Waals surface area contributed by atoms with Crippen LogP contribution in [0.15, 0.2) is 47.8 Å². The first-order chi connectivity index (χ1) is 11.5. The van der Waals surface area contributed by atoms with E-state index < -0.39 is 5.82 Å². The molecule has 0 aliphatic rings. The van der Waals surface area contributed by atoms with Crippen LogP contribution in [0.5, 0.6) is 0 Å². The van der Waals surface area contributed by atoms with Crippen molar-refractivity contribution in [1.29, 1.82) is 0 Å². The molecule has 0 bridgehead atoms. The average molecular weight is 361 g/mol. The summed E-state index contributed by atoms with van der Waals surface area (Å²) in [7, 11) is 0. The Bertz CT molecular complexity index is 877. The molecular weight excluding hydrogens is 347 g/mol. The standard InChI is InChI=1S/C18H14ClFN2OS/c1-11-2-7-15(20)16(8-11)22-17(23)9-14-10-24-18(21-14)12-3-5-13(19)6-4-12/h2-8,10H,9H2,1H3,(H,22,23). The van der Waals surface area contributed by atoms with Crippen molar-refractivity contribution in [1.82, 2.24) is 4.98 Å². The molecule has 3 aromatic rings. The fourth-order valence-electron chi connectivity index (χ4n) is 2.21. The van der Waals surface area contributed by atoms with Crippen molar-refractivity contribution in [2.45, 2.75) is 13.3 Å². The maximum Gasteiger partial charge on any atom is 0.230 e. The molecule has 0 radical (unpaired) electrons. The van der Waals surface area contributed by atoms with Gasteiger partial charge in [0.2, 0.25) is 5.91 Å². The first-order valence-corrected chi connectivity index (χ1v) is 8.53. The summed E-state index contributed by atoms with van der Waals surface area (Å²) in [4.78, 5) is 16.6. The van der Waals surface area contributed by atoms with E-state index in [-0.39, 0.29) is 18.0 Å². The monoisotopic (exact) mass is 360 g/mol. The molecule has 122 valence electrons. The van der Waals surface area contributed by atoms with Gasteiger partial charge in [-0.1, -0.05) is 29.8 Å². The molecule has 0 aliphatic carbocycles. The number of carbonyl (C=O) groups excluding carboxylic acids is 1. The van der Waals surface area contributed by atoms with Gasteiger partial charge in [0, 0.05) is 16.0 Å². The zero-order valence-corrected chi connectivity index (χ0v) is 14.4. The molecule has 0 aliphatic heterocycles. The number of aryl methyl sites for hydroxylation is 1. The van der Waals surface area contributed by atoms with E-state index in [2.05, 4.69) is 10.3 Å². The predicted octanol–water partition coefficient (Wildman–Crippen LogP) is 5.09. The Morgan fingerprint density at radius 2 is 2.00 bits per heavy atom. The van der Waals surface area contributed by atoms with Crippen LogP contribution in [0.4, 0.5) is 10.1 Å². The highest BCUT2D eigenvalue weighted by atomic mass is 35.5. The molecule has 0 unspecified atom stereocenters. The number of carbonyl (C=O) groups is 1. The highest BCUT2D eigenvalue weighted by Crippen LogP contribution is 2.25. The van der Waals surface area contributed by atoms with Gasteiger partial charge in [-0.15, -0.1) is 11.3 Å². The van der Waals surface area contributed by atoms with E-state index >= 15 is 0 Å². The second-order valence-electron chi connectivity index (χ2n) is 5.36. The average Bonchev–Trinajstić information content (AvgIpc) is 3.00. The molecule has 0 saturated carbocycles. The topological polar surface area (TPSA) is 42.0 Å². The van der Waals surface area contributed by atoms with Crippen LogP contribution < -0.4 is 5.32 Å². The van der Waals surface area contributed by atoms with Crippen molar-refractivity contribution in [3.63, 3.8) is 0 Å². The summed E-state index contributed by atoms with van der Waals surface area (Å²) in [6.45, 7) is 1.84. The number of nitrogens with one attached hydrogen (secondary N) is 1. The lowest BCUT2D eigenvalue weighted by molar-refractivity contribution is -0.115. The lowest BCUT2D eigenvalue weighted by Gasteiger charge is -2.06. The lowest BCUT2D eigenvalue weighted by Crippen LogP contribution is -2.15. The summed E-state index contributed by atoms with van der Waals surface area (Å²) in [5, 5.41) is 5.90. The summed E-state index contributed by atoms with van der Waals surface area (Å²) in [5.41, 5.74) is 2.66. The number of hydrogen-bond donors (Lipinski definition) is 1. The number of hydrogen-bond acceptors (Lipinski definition) is 3. The van der Waals surface area contributed by atoms with E-state index in [9.17, 15) is 9.18 Å². The molecule has 0 atom stereocenters. The van der Waals surface area contributed by atoms with Crippen molar-refractivity contribution in [2.75, 3.05) is 5.32 Å². The van der Waals surface area contributed by atoms with Gasteiger partial charge in [0.25, 0.3) is 0 Å². The van der Waals surface area contributed by atoms with E-state index in [1.54, 1.807) is 24.3 Å². The Kier molecular flexibility index (Phi) is 4.92. The van der Waals surface area contributed by atoms with Gasteiger partial charge in [0.1, 0.15) is 10.8 Å². The van der Waals surface area contributed by atoms with E-state index in [0.29, 0.717) is 10.7 Å². The lowest BCUT2D eigenvalue weighted by atomic mass is 10.2. The molecule has 24 heavy (non-hydrogen) atoms. The third kappa shape index (κ3) is 3.99. The second-order valence-corrected chi connectivity index (χ2v) is 6.65. The Labute approximate surface area is 148 Å². The summed E-state index contributed by atoms with van der Waals surface area (Å²) >= 11 is 7.33. The number of amides is 1. The molecule has 1 aromatic heterocycles. The summed E-state index contributed by atoms with van der Waals surface area (Å²) in [6, 6.07) is 12.0. The van der Waals surface area contributed by atoms with E-state index in [4.69, 9.17) is 11.6 Å². The van der Waals surface area contributed by atoms with Gasteiger partial charge in [-0.2, -0.15) is 0 Å². The quantitative estimate of drug-likeness (QED) is 0.704. The molecule has 1 heterocycles. The van der Waals surface area contributed by atoms with E-state index in [0.717, 1.165) is 16.1 Å². The number of halogens is 2. The summed E-state index contributed by atoms with van der Waals surface area (Å²) < 4.78 is 13.7. The third-order valence-electron chi connectivity index (χ3n) is 3.38. The van der Waals surface area contributed by atoms with Crippen molar-refractivity contribution < 1.29 is 9.18 Å². The Balaban J connectivity index is 1.69. The summed E-state index contributed by atoms with van der Waals surface area (Å²) in [6.07, 6.45) is 0.0947. The third-order valence-corrected chi connectivity index (χ3v) is 4.57. The minimum Gasteiger partial charge on any atom is -0.323 e. The number of aromatic nitrogens is 1. The van der Waals surface area contributed by atoms with Crippen LogP contribution >= 0.6 is 22.9 Å². The number of thiazole rings is 1. The Hall–Kier alpha value is -2.24. The largest absolute Gasteiger partial charge is 0.323 e. The van der Waals surface area contributed by atoms with Gasteiger partial charge in [-0.3, -0.25) is 4.79 Å². The van der Waals surface area contributed by atoms with Crippen LogP contribution in [-0.4, -0.2) is 10.9 Å². The molecule has 0 saturated heterocycles. The Morgan fingerprint density at radius 3 is 2.75 bits per heavy atom. The number of anilines is 1. The maximum atomic E-state index is 13.7. The van der Waals surface area contributed by atoms with Crippen LogP contribution in [0.1, 0.15) is 11.3 Å². The minimum absolute atomic E-state index is 0.0947. The summed E-state index contributed by atoms with van der Waals surface area (Å²) in [5.74, 6) is -0.749. The molecule has 6 heteroatoms. The second kappa shape index (κ2) is 7.11. The van der Waals surface area contributed by atoms with E-state index in [1.807, 2.05) is 24.4 Å². The smallest absolute Gasteiger partial charge is 0.230 e. The first kappa shape index (κ1) is 16.6. The van der Waals surface area contributed by atoms with Gasteiger partial charge in [-0.05, 0) is 36.8 Å². The predicted molar refractivity (Wildman–Crippen MR) is 96.0 cm³/mol. The first-order valence-electron chi connectivity index (χ1n) is 7.27. The molecule has 1 amide bonds. The highest BCUT2D eigenvalue weighted by Gasteiger charge is 2.11. The Morgan fingerprint density at radius 1 is 1.25 bits per heavy atom. The molecule has 2 aromatic carbocycles. The van der Waals surface area contributed by atoms with Crippen molar-refractivity contribution in [3.8, 4) is 10.6 Å². The molecular formula is C18H14ClFN2OS. The van der Waals surface area contributed by atoms with Crippen molar-refractivity contribution >= 4 is 34.5 Å². The van der Waals surface area contributed by atoms with Crippen LogP contribution in [0.3, 0.4) is 0 Å². The number of nitrogens with zero attached hydrogens (tertiary/aromatic N) is 1. The van der Waals surface area contributed by atoms with Crippen LogP contribution in [0.25, 0.3) is 10.6 Å². The molecule has 0 spiro atoms. The van der Waals surface area contributed by atoms with Gasteiger partial charge in [0.15, 0.2) is 0 Å². The van der Waals surface area contributed by atoms with Crippen LogP contribution in [0, 0.1) is 12.7 Å². The minimum atomic E-state index is -0.450. The van der Waals surface area contributed by atoms with Gasteiger partial charge >= 0.3 is 0 Å². The van der Waals surface area contributed by atoms with Crippen LogP contribution in [0.2, 0.25) is 5.02 Å². The molecule has 0 fully saturated rings. The zero-order valence-electron chi connectivity index (χ0n) is 12.8. The van der Waals surface area contributed by atoms with Gasteiger partial charge < -0.3 is 5.32 Å². The van der Waals surface area contributed by atoms with Crippen molar-refractivity contribution in [3.05, 3.63) is 69.9 Å². The molecule has 3 nitrogen and oxygen atoms in total. The molecule has 3 rings (SSSR count). The maximum absolute atomic E-state index is 13.7. The number of benzene rings is 2. The van der Waals surface area contributed by atoms with Crippen molar-refractivity contribution in [2.24, 2.45) is 0 Å².